The zero-order chi connectivity index (χ0) is 15.1. The van der Waals surface area contributed by atoms with Crippen LogP contribution in [0.3, 0.4) is 0 Å². The SMILES string of the molecule is CCOC(=O)C(C)NC(C)c1cccc(NC(C)=O)c1. The Balaban J connectivity index is 2.69. The van der Waals surface area contributed by atoms with Crippen molar-refractivity contribution < 1.29 is 14.3 Å². The zero-order valence-corrected chi connectivity index (χ0v) is 12.4. The first kappa shape index (κ1) is 16.2. The molecule has 0 saturated heterocycles. The van der Waals surface area contributed by atoms with Crippen LogP contribution in [0.15, 0.2) is 24.3 Å². The van der Waals surface area contributed by atoms with Gasteiger partial charge in [-0.1, -0.05) is 12.1 Å². The fourth-order valence-corrected chi connectivity index (χ4v) is 1.90. The van der Waals surface area contributed by atoms with Crippen LogP contribution < -0.4 is 10.6 Å². The molecule has 5 heteroatoms. The minimum atomic E-state index is -0.380. The lowest BCUT2D eigenvalue weighted by Gasteiger charge is -2.19. The molecule has 1 rings (SSSR count). The van der Waals surface area contributed by atoms with E-state index in [-0.39, 0.29) is 24.0 Å². The lowest BCUT2D eigenvalue weighted by atomic mass is 10.1. The van der Waals surface area contributed by atoms with Crippen LogP contribution in [0.25, 0.3) is 0 Å². The second-order valence-corrected chi connectivity index (χ2v) is 4.67. The quantitative estimate of drug-likeness (QED) is 0.783. The number of hydrogen-bond donors (Lipinski definition) is 2. The number of ether oxygens (including phenoxy) is 1. The van der Waals surface area contributed by atoms with Gasteiger partial charge < -0.3 is 10.1 Å². The van der Waals surface area contributed by atoms with Crippen molar-refractivity contribution >= 4 is 17.6 Å². The first-order valence-corrected chi connectivity index (χ1v) is 6.74. The van der Waals surface area contributed by atoms with E-state index in [0.717, 1.165) is 11.3 Å². The molecule has 1 aromatic carbocycles. The van der Waals surface area contributed by atoms with E-state index in [4.69, 9.17) is 4.74 Å². The molecule has 0 aliphatic carbocycles. The van der Waals surface area contributed by atoms with Crippen LogP contribution in [0.5, 0.6) is 0 Å². The summed E-state index contributed by atoms with van der Waals surface area (Å²) in [6, 6.07) is 7.12. The maximum atomic E-state index is 11.6. The fourth-order valence-electron chi connectivity index (χ4n) is 1.90. The minimum absolute atomic E-state index is 0.0249. The van der Waals surface area contributed by atoms with Gasteiger partial charge in [0.2, 0.25) is 5.91 Å². The molecule has 2 atom stereocenters. The van der Waals surface area contributed by atoms with Crippen LogP contribution in [0.4, 0.5) is 5.69 Å². The maximum absolute atomic E-state index is 11.6. The highest BCUT2D eigenvalue weighted by Gasteiger charge is 2.17. The van der Waals surface area contributed by atoms with Gasteiger partial charge in [0.15, 0.2) is 0 Å². The van der Waals surface area contributed by atoms with Crippen molar-refractivity contribution in [2.75, 3.05) is 11.9 Å². The van der Waals surface area contributed by atoms with Crippen LogP contribution in [0.1, 0.15) is 39.3 Å². The molecular formula is C15H22N2O3. The Hall–Kier alpha value is -1.88. The Bertz CT molecular complexity index is 474. The molecule has 0 spiro atoms. The number of carbonyl (C=O) groups excluding carboxylic acids is 2. The molecule has 0 aromatic heterocycles. The smallest absolute Gasteiger partial charge is 0.322 e. The summed E-state index contributed by atoms with van der Waals surface area (Å²) >= 11 is 0. The van der Waals surface area contributed by atoms with E-state index in [0.29, 0.717) is 6.61 Å². The predicted octanol–water partition coefficient (Wildman–Crippen LogP) is 2.25. The second kappa shape index (κ2) is 7.65. The number of hydrogen-bond acceptors (Lipinski definition) is 4. The molecule has 20 heavy (non-hydrogen) atoms. The van der Waals surface area contributed by atoms with Crippen molar-refractivity contribution in [2.45, 2.75) is 39.8 Å². The van der Waals surface area contributed by atoms with Crippen LogP contribution in [-0.4, -0.2) is 24.5 Å². The van der Waals surface area contributed by atoms with Crippen molar-refractivity contribution in [1.82, 2.24) is 5.32 Å². The first-order valence-electron chi connectivity index (χ1n) is 6.74. The van der Waals surface area contributed by atoms with Gasteiger partial charge in [-0.05, 0) is 38.5 Å². The van der Waals surface area contributed by atoms with Crippen LogP contribution in [0.2, 0.25) is 0 Å². The molecule has 0 fully saturated rings. The molecule has 0 heterocycles. The molecular weight excluding hydrogens is 256 g/mol. The van der Waals surface area contributed by atoms with Gasteiger partial charge in [0.1, 0.15) is 6.04 Å². The van der Waals surface area contributed by atoms with Crippen molar-refractivity contribution in [3.8, 4) is 0 Å². The number of anilines is 1. The summed E-state index contributed by atoms with van der Waals surface area (Å²) in [6.45, 7) is 7.36. The highest BCUT2D eigenvalue weighted by molar-refractivity contribution is 5.88. The third-order valence-electron chi connectivity index (χ3n) is 2.85. The number of rotatable bonds is 6. The van der Waals surface area contributed by atoms with Crippen LogP contribution in [-0.2, 0) is 14.3 Å². The molecule has 0 saturated carbocycles. The molecule has 0 aliphatic rings. The Labute approximate surface area is 119 Å². The first-order chi connectivity index (χ1) is 9.43. The molecule has 0 radical (unpaired) electrons. The zero-order valence-electron chi connectivity index (χ0n) is 12.4. The van der Waals surface area contributed by atoms with E-state index in [2.05, 4.69) is 10.6 Å². The number of carbonyl (C=O) groups is 2. The average molecular weight is 278 g/mol. The molecule has 0 aliphatic heterocycles. The third-order valence-corrected chi connectivity index (χ3v) is 2.85. The van der Waals surface area contributed by atoms with E-state index in [1.165, 1.54) is 6.92 Å². The van der Waals surface area contributed by atoms with Crippen molar-refractivity contribution in [2.24, 2.45) is 0 Å². The van der Waals surface area contributed by atoms with E-state index in [1.54, 1.807) is 13.8 Å². The monoisotopic (exact) mass is 278 g/mol. The molecule has 1 amide bonds. The Kier molecular flexibility index (Phi) is 6.18. The number of amides is 1. The maximum Gasteiger partial charge on any atom is 0.322 e. The van der Waals surface area contributed by atoms with Gasteiger partial charge in [0, 0.05) is 18.7 Å². The van der Waals surface area contributed by atoms with E-state index in [1.807, 2.05) is 31.2 Å². The standard InChI is InChI=1S/C15H22N2O3/c1-5-20-15(19)11(3)16-10(2)13-7-6-8-14(9-13)17-12(4)18/h6-11,16H,5H2,1-4H3,(H,17,18). The summed E-state index contributed by atoms with van der Waals surface area (Å²) in [5.74, 6) is -0.375. The highest BCUT2D eigenvalue weighted by atomic mass is 16.5. The second-order valence-electron chi connectivity index (χ2n) is 4.67. The molecule has 2 unspecified atom stereocenters. The molecule has 0 bridgehead atoms. The summed E-state index contributed by atoms with van der Waals surface area (Å²) in [5, 5.41) is 5.91. The molecule has 5 nitrogen and oxygen atoms in total. The Morgan fingerprint density at radius 2 is 2.00 bits per heavy atom. The lowest BCUT2D eigenvalue weighted by Crippen LogP contribution is -2.37. The van der Waals surface area contributed by atoms with Gasteiger partial charge in [-0.3, -0.25) is 14.9 Å². The summed E-state index contributed by atoms with van der Waals surface area (Å²) in [6.07, 6.45) is 0. The van der Waals surface area contributed by atoms with Crippen molar-refractivity contribution in [1.29, 1.82) is 0 Å². The number of benzene rings is 1. The molecule has 2 N–H and O–H groups in total. The van der Waals surface area contributed by atoms with E-state index >= 15 is 0 Å². The minimum Gasteiger partial charge on any atom is -0.465 e. The van der Waals surface area contributed by atoms with Gasteiger partial charge in [0.25, 0.3) is 0 Å². The van der Waals surface area contributed by atoms with E-state index < -0.39 is 0 Å². The predicted molar refractivity (Wildman–Crippen MR) is 78.4 cm³/mol. The summed E-state index contributed by atoms with van der Waals surface area (Å²) in [7, 11) is 0. The van der Waals surface area contributed by atoms with Gasteiger partial charge in [-0.2, -0.15) is 0 Å². The number of esters is 1. The lowest BCUT2D eigenvalue weighted by molar-refractivity contribution is -0.145. The van der Waals surface area contributed by atoms with Crippen LogP contribution in [0, 0.1) is 0 Å². The average Bonchev–Trinajstić information content (AvgIpc) is 2.38. The van der Waals surface area contributed by atoms with Gasteiger partial charge in [0.05, 0.1) is 6.61 Å². The molecule has 1 aromatic rings. The molecule has 110 valence electrons. The summed E-state index contributed by atoms with van der Waals surface area (Å²) in [4.78, 5) is 22.6. The van der Waals surface area contributed by atoms with Crippen molar-refractivity contribution in [3.63, 3.8) is 0 Å². The summed E-state index contributed by atoms with van der Waals surface area (Å²) < 4.78 is 4.96. The van der Waals surface area contributed by atoms with Gasteiger partial charge >= 0.3 is 5.97 Å². The van der Waals surface area contributed by atoms with E-state index in [9.17, 15) is 9.59 Å². The van der Waals surface area contributed by atoms with Crippen LogP contribution >= 0.6 is 0 Å². The Morgan fingerprint density at radius 1 is 1.30 bits per heavy atom. The topological polar surface area (TPSA) is 67.4 Å². The van der Waals surface area contributed by atoms with Crippen molar-refractivity contribution in [3.05, 3.63) is 29.8 Å². The highest BCUT2D eigenvalue weighted by Crippen LogP contribution is 2.18. The third kappa shape index (κ3) is 5.01. The van der Waals surface area contributed by atoms with Gasteiger partial charge in [-0.25, -0.2) is 0 Å². The normalized spacial score (nSPS) is 13.4. The summed E-state index contributed by atoms with van der Waals surface area (Å²) in [5.41, 5.74) is 1.74. The number of nitrogens with one attached hydrogen (secondary N) is 2. The van der Waals surface area contributed by atoms with Gasteiger partial charge in [-0.15, -0.1) is 0 Å². The Morgan fingerprint density at radius 3 is 2.60 bits per heavy atom. The largest absolute Gasteiger partial charge is 0.465 e. The fraction of sp³-hybridized carbons (Fsp3) is 0.467.